The molecule has 13 heavy (non-hydrogen) atoms. The van der Waals surface area contributed by atoms with Crippen LogP contribution in [-0.4, -0.2) is 48.0 Å². The Hall–Kier alpha value is -0.120. The Morgan fingerprint density at radius 1 is 1.08 bits per heavy atom. The fourth-order valence-corrected chi connectivity index (χ4v) is 1.19. The van der Waals surface area contributed by atoms with Gasteiger partial charge >= 0.3 is 0 Å². The molecule has 1 unspecified atom stereocenters. The van der Waals surface area contributed by atoms with Gasteiger partial charge < -0.3 is 15.1 Å². The van der Waals surface area contributed by atoms with Crippen molar-refractivity contribution in [1.29, 1.82) is 0 Å². The third-order valence-electron chi connectivity index (χ3n) is 2.44. The quantitative estimate of drug-likeness (QED) is 0.556. The highest BCUT2D eigenvalue weighted by Crippen LogP contribution is 2.02. The Labute approximate surface area is 81.4 Å². The molecule has 0 heterocycles. The molecule has 0 aliphatic carbocycles. The molecule has 0 aromatic rings. The van der Waals surface area contributed by atoms with Gasteiger partial charge in [0, 0.05) is 12.6 Å². The first-order chi connectivity index (χ1) is 6.22. The van der Waals surface area contributed by atoms with Crippen LogP contribution in [0.4, 0.5) is 0 Å². The SMILES string of the molecule is CC(CO)N(C)CCCCCCO. The smallest absolute Gasteiger partial charge is 0.0584 e. The molecule has 0 radical (unpaired) electrons. The highest BCUT2D eigenvalue weighted by molar-refractivity contribution is 4.60. The van der Waals surface area contributed by atoms with Crippen molar-refractivity contribution >= 4 is 0 Å². The molecule has 80 valence electrons. The molecule has 0 aromatic carbocycles. The predicted molar refractivity (Wildman–Crippen MR) is 54.7 cm³/mol. The van der Waals surface area contributed by atoms with Crippen molar-refractivity contribution in [2.45, 2.75) is 38.6 Å². The number of hydrogen-bond donors (Lipinski definition) is 2. The van der Waals surface area contributed by atoms with Gasteiger partial charge in [-0.05, 0) is 33.4 Å². The van der Waals surface area contributed by atoms with E-state index in [0.29, 0.717) is 6.61 Å². The highest BCUT2D eigenvalue weighted by atomic mass is 16.3. The maximum atomic E-state index is 8.87. The van der Waals surface area contributed by atoms with E-state index in [2.05, 4.69) is 4.90 Å². The van der Waals surface area contributed by atoms with Crippen molar-refractivity contribution in [3.63, 3.8) is 0 Å². The lowest BCUT2D eigenvalue weighted by atomic mass is 10.2. The molecule has 0 bridgehead atoms. The molecule has 0 rings (SSSR count). The summed E-state index contributed by atoms with van der Waals surface area (Å²) >= 11 is 0. The van der Waals surface area contributed by atoms with Gasteiger partial charge in [-0.15, -0.1) is 0 Å². The number of aliphatic hydroxyl groups is 2. The second kappa shape index (κ2) is 8.48. The summed E-state index contributed by atoms with van der Waals surface area (Å²) in [6.45, 7) is 3.59. The zero-order valence-electron chi connectivity index (χ0n) is 8.87. The number of nitrogens with zero attached hydrogens (tertiary/aromatic N) is 1. The molecule has 3 heteroatoms. The van der Waals surface area contributed by atoms with Crippen molar-refractivity contribution < 1.29 is 10.2 Å². The van der Waals surface area contributed by atoms with Crippen molar-refractivity contribution in [1.82, 2.24) is 4.90 Å². The van der Waals surface area contributed by atoms with E-state index in [1.807, 2.05) is 14.0 Å². The average molecular weight is 189 g/mol. The van der Waals surface area contributed by atoms with Gasteiger partial charge in [-0.1, -0.05) is 12.8 Å². The minimum atomic E-state index is 0.229. The van der Waals surface area contributed by atoms with E-state index >= 15 is 0 Å². The monoisotopic (exact) mass is 189 g/mol. The molecule has 0 fully saturated rings. The number of rotatable bonds is 8. The highest BCUT2D eigenvalue weighted by Gasteiger charge is 2.05. The minimum Gasteiger partial charge on any atom is -0.396 e. The summed E-state index contributed by atoms with van der Waals surface area (Å²) in [6.07, 6.45) is 4.35. The first-order valence-electron chi connectivity index (χ1n) is 5.14. The molecule has 0 aromatic heterocycles. The van der Waals surface area contributed by atoms with Crippen molar-refractivity contribution in [2.24, 2.45) is 0 Å². The molecular weight excluding hydrogens is 166 g/mol. The second-order valence-electron chi connectivity index (χ2n) is 3.65. The largest absolute Gasteiger partial charge is 0.396 e. The maximum Gasteiger partial charge on any atom is 0.0584 e. The van der Waals surface area contributed by atoms with Crippen LogP contribution in [0, 0.1) is 0 Å². The lowest BCUT2D eigenvalue weighted by Gasteiger charge is -2.22. The summed E-state index contributed by atoms with van der Waals surface area (Å²) < 4.78 is 0. The third kappa shape index (κ3) is 6.99. The van der Waals surface area contributed by atoms with Crippen LogP contribution >= 0.6 is 0 Å². The Kier molecular flexibility index (Phi) is 8.40. The minimum absolute atomic E-state index is 0.229. The molecular formula is C10H23NO2. The molecule has 0 saturated heterocycles. The van der Waals surface area contributed by atoms with E-state index in [0.717, 1.165) is 25.8 Å². The number of unbranched alkanes of at least 4 members (excludes halogenated alkanes) is 3. The average Bonchev–Trinajstić information content (AvgIpc) is 2.16. The lowest BCUT2D eigenvalue weighted by Crippen LogP contribution is -2.32. The van der Waals surface area contributed by atoms with Crippen LogP contribution in [0.1, 0.15) is 32.6 Å². The number of hydrogen-bond acceptors (Lipinski definition) is 3. The standard InChI is InChI=1S/C10H23NO2/c1-10(9-13)11(2)7-5-3-4-6-8-12/h10,12-13H,3-9H2,1-2H3. The fraction of sp³-hybridized carbons (Fsp3) is 1.00. The first-order valence-corrected chi connectivity index (χ1v) is 5.14. The molecule has 0 aliphatic rings. The van der Waals surface area contributed by atoms with Crippen LogP contribution < -0.4 is 0 Å². The Balaban J connectivity index is 3.21. The van der Waals surface area contributed by atoms with Crippen LogP contribution in [0.25, 0.3) is 0 Å². The first kappa shape index (κ1) is 12.9. The topological polar surface area (TPSA) is 43.7 Å². The van der Waals surface area contributed by atoms with Crippen LogP contribution in [0.2, 0.25) is 0 Å². The summed E-state index contributed by atoms with van der Waals surface area (Å²) in [5.74, 6) is 0. The zero-order valence-corrected chi connectivity index (χ0v) is 8.87. The molecule has 2 N–H and O–H groups in total. The molecule has 0 amide bonds. The van der Waals surface area contributed by atoms with Crippen LogP contribution in [0.5, 0.6) is 0 Å². The Morgan fingerprint density at radius 3 is 2.23 bits per heavy atom. The molecule has 3 nitrogen and oxygen atoms in total. The van der Waals surface area contributed by atoms with Gasteiger partial charge in [0.25, 0.3) is 0 Å². The summed E-state index contributed by atoms with van der Waals surface area (Å²) in [5, 5.41) is 17.4. The normalized spacial score (nSPS) is 13.6. The van der Waals surface area contributed by atoms with E-state index in [1.165, 1.54) is 6.42 Å². The van der Waals surface area contributed by atoms with Gasteiger partial charge in [-0.3, -0.25) is 0 Å². The van der Waals surface area contributed by atoms with Gasteiger partial charge in [-0.2, -0.15) is 0 Å². The van der Waals surface area contributed by atoms with Crippen molar-refractivity contribution in [3.05, 3.63) is 0 Å². The van der Waals surface area contributed by atoms with Gasteiger partial charge in [-0.25, -0.2) is 0 Å². The van der Waals surface area contributed by atoms with E-state index in [9.17, 15) is 0 Å². The Morgan fingerprint density at radius 2 is 1.69 bits per heavy atom. The van der Waals surface area contributed by atoms with E-state index in [1.54, 1.807) is 0 Å². The number of aliphatic hydroxyl groups excluding tert-OH is 2. The molecule has 0 spiro atoms. The van der Waals surface area contributed by atoms with E-state index in [-0.39, 0.29) is 12.6 Å². The summed E-state index contributed by atoms with van der Waals surface area (Å²) in [4.78, 5) is 2.17. The van der Waals surface area contributed by atoms with Gasteiger partial charge in [0.2, 0.25) is 0 Å². The Bertz CT molecular complexity index is 109. The van der Waals surface area contributed by atoms with Crippen LogP contribution in [0.3, 0.4) is 0 Å². The summed E-state index contributed by atoms with van der Waals surface area (Å²) in [7, 11) is 2.03. The lowest BCUT2D eigenvalue weighted by molar-refractivity contribution is 0.157. The summed E-state index contributed by atoms with van der Waals surface area (Å²) in [5.41, 5.74) is 0. The van der Waals surface area contributed by atoms with E-state index in [4.69, 9.17) is 10.2 Å². The summed E-state index contributed by atoms with van der Waals surface area (Å²) in [6, 6.07) is 0.262. The fourth-order valence-electron chi connectivity index (χ4n) is 1.19. The van der Waals surface area contributed by atoms with Crippen molar-refractivity contribution in [2.75, 3.05) is 26.8 Å². The number of likely N-dealkylation sites (N-methyl/N-ethyl adjacent to an activating group) is 1. The van der Waals surface area contributed by atoms with E-state index < -0.39 is 0 Å². The maximum absolute atomic E-state index is 8.87. The van der Waals surface area contributed by atoms with Gasteiger partial charge in [0.15, 0.2) is 0 Å². The third-order valence-corrected chi connectivity index (χ3v) is 2.44. The van der Waals surface area contributed by atoms with Crippen molar-refractivity contribution in [3.8, 4) is 0 Å². The molecule has 0 saturated carbocycles. The zero-order chi connectivity index (χ0) is 10.1. The van der Waals surface area contributed by atoms with Crippen LogP contribution in [0.15, 0.2) is 0 Å². The molecule has 1 atom stereocenters. The molecule has 0 aliphatic heterocycles. The predicted octanol–water partition coefficient (Wildman–Crippen LogP) is 0.852. The van der Waals surface area contributed by atoms with Crippen LogP contribution in [-0.2, 0) is 0 Å². The van der Waals surface area contributed by atoms with Gasteiger partial charge in [0.05, 0.1) is 6.61 Å². The van der Waals surface area contributed by atoms with Gasteiger partial charge in [0.1, 0.15) is 0 Å². The second-order valence-corrected chi connectivity index (χ2v) is 3.65.